The molecule has 0 saturated carbocycles. The van der Waals surface area contributed by atoms with Gasteiger partial charge in [0.2, 0.25) is 0 Å². The minimum absolute atomic E-state index is 0. The molecule has 0 aromatic rings. The third kappa shape index (κ3) is 5.55. The van der Waals surface area contributed by atoms with E-state index in [-0.39, 0.29) is 17.1 Å². The van der Waals surface area contributed by atoms with Gasteiger partial charge >= 0.3 is 11.9 Å². The minimum atomic E-state index is -1.79. The maximum atomic E-state index is 9.72. The van der Waals surface area contributed by atoms with Gasteiger partial charge in [0.05, 0.1) is 6.42 Å². The summed E-state index contributed by atoms with van der Waals surface area (Å²) in [6.07, 6.45) is -2.54. The van der Waals surface area contributed by atoms with E-state index >= 15 is 0 Å². The van der Waals surface area contributed by atoms with Crippen LogP contribution in [0.1, 0.15) is 6.42 Å². The number of carboxylic acid groups (broad SMARTS) is 2. The summed E-state index contributed by atoms with van der Waals surface area (Å²) in [6.45, 7) is 0. The first-order valence-corrected chi connectivity index (χ1v) is 2.16. The van der Waals surface area contributed by atoms with Crippen molar-refractivity contribution in [1.82, 2.24) is 0 Å². The van der Waals surface area contributed by atoms with Gasteiger partial charge in [-0.2, -0.15) is 0 Å². The second kappa shape index (κ2) is 5.22. The Kier molecular flexibility index (Phi) is 6.34. The zero-order chi connectivity index (χ0) is 7.44. The van der Waals surface area contributed by atoms with Crippen LogP contribution in [0.25, 0.3) is 0 Å². The predicted octanol–water partition coefficient (Wildman–Crippen LogP) is -1.10. The van der Waals surface area contributed by atoms with Crippen molar-refractivity contribution in [3.05, 3.63) is 0 Å². The summed E-state index contributed by atoms with van der Waals surface area (Å²) >= 11 is 0. The van der Waals surface area contributed by atoms with Gasteiger partial charge in [0.15, 0.2) is 6.10 Å². The van der Waals surface area contributed by atoms with Gasteiger partial charge in [-0.1, -0.05) is 0 Å². The molecule has 0 heterocycles. The van der Waals surface area contributed by atoms with Crippen LogP contribution in [0.15, 0.2) is 0 Å². The molecule has 0 bridgehead atoms. The Labute approximate surface area is 67.1 Å². The maximum absolute atomic E-state index is 9.72. The van der Waals surface area contributed by atoms with Crippen molar-refractivity contribution < 1.29 is 42.0 Å². The average molecular weight is 198 g/mol. The van der Waals surface area contributed by atoms with E-state index in [2.05, 4.69) is 0 Å². The van der Waals surface area contributed by atoms with E-state index in [4.69, 9.17) is 15.3 Å². The Morgan fingerprint density at radius 3 is 1.80 bits per heavy atom. The molecule has 0 aromatic carbocycles. The Hall–Kier alpha value is -0.581. The Balaban J connectivity index is 0. The molecule has 5 nitrogen and oxygen atoms in total. The van der Waals surface area contributed by atoms with Crippen molar-refractivity contribution in [2.45, 2.75) is 12.5 Å². The van der Waals surface area contributed by atoms with Crippen molar-refractivity contribution in [2.75, 3.05) is 0 Å². The molecule has 0 aliphatic carbocycles. The van der Waals surface area contributed by atoms with Gasteiger partial charge in [-0.3, -0.25) is 4.79 Å². The molecule has 0 aliphatic rings. The maximum Gasteiger partial charge on any atom is 0.333 e. The molecule has 0 aromatic heterocycles. The summed E-state index contributed by atoms with van der Waals surface area (Å²) in [5.41, 5.74) is 0. The molecule has 0 amide bonds. The number of rotatable bonds is 3. The first-order chi connectivity index (χ1) is 4.04. The number of aliphatic hydroxyl groups is 1. The summed E-state index contributed by atoms with van der Waals surface area (Å²) in [6, 6.07) is 0. The largest absolute Gasteiger partial charge is 0.481 e. The van der Waals surface area contributed by atoms with E-state index in [1.165, 1.54) is 0 Å². The zero-order valence-corrected chi connectivity index (χ0v) is 5.69. The van der Waals surface area contributed by atoms with Crippen LogP contribution in [-0.2, 0) is 26.7 Å². The molecule has 0 fully saturated rings. The van der Waals surface area contributed by atoms with E-state index in [9.17, 15) is 9.59 Å². The fraction of sp³-hybridized carbons (Fsp3) is 0.500. The van der Waals surface area contributed by atoms with Gasteiger partial charge in [-0.25, -0.2) is 4.79 Å². The van der Waals surface area contributed by atoms with Crippen LogP contribution in [0.3, 0.4) is 0 Å². The SMILES string of the molecule is O=C(O)CC(O)C(=O)O.[Cu]. The van der Waals surface area contributed by atoms with Gasteiger partial charge in [0, 0.05) is 17.1 Å². The molecule has 3 N–H and O–H groups in total. The van der Waals surface area contributed by atoms with Crippen molar-refractivity contribution in [1.29, 1.82) is 0 Å². The molecule has 1 unspecified atom stereocenters. The molecule has 1 atom stereocenters. The van der Waals surface area contributed by atoms with Gasteiger partial charge in [0.1, 0.15) is 0 Å². The molecule has 0 saturated heterocycles. The quantitative estimate of drug-likeness (QED) is 0.500. The molecular weight excluding hydrogens is 192 g/mol. The second-order valence-electron chi connectivity index (χ2n) is 1.45. The van der Waals surface area contributed by atoms with E-state index in [1.54, 1.807) is 0 Å². The van der Waals surface area contributed by atoms with Crippen molar-refractivity contribution in [3.8, 4) is 0 Å². The van der Waals surface area contributed by atoms with Crippen LogP contribution in [0, 0.1) is 0 Å². The van der Waals surface area contributed by atoms with E-state index in [0.29, 0.717) is 0 Å². The summed E-state index contributed by atoms with van der Waals surface area (Å²) in [5, 5.41) is 24.1. The summed E-state index contributed by atoms with van der Waals surface area (Å²) in [7, 11) is 0. The molecule has 6 heteroatoms. The van der Waals surface area contributed by atoms with Gasteiger partial charge in [0.25, 0.3) is 0 Å². The number of aliphatic carboxylic acids is 2. The molecule has 0 rings (SSSR count). The number of carbonyl (C=O) groups is 2. The minimum Gasteiger partial charge on any atom is -0.481 e. The Morgan fingerprint density at radius 2 is 1.70 bits per heavy atom. The second-order valence-corrected chi connectivity index (χ2v) is 1.45. The Morgan fingerprint density at radius 1 is 1.30 bits per heavy atom. The van der Waals surface area contributed by atoms with Crippen molar-refractivity contribution >= 4 is 11.9 Å². The van der Waals surface area contributed by atoms with Crippen molar-refractivity contribution in [2.24, 2.45) is 0 Å². The third-order valence-corrected chi connectivity index (χ3v) is 0.653. The monoisotopic (exact) mass is 197 g/mol. The standard InChI is InChI=1S/C4H6O5.Cu/c5-2(4(8)9)1-3(6)7;/h2,5H,1H2,(H,6,7)(H,8,9);. The van der Waals surface area contributed by atoms with Gasteiger partial charge < -0.3 is 15.3 Å². The topological polar surface area (TPSA) is 94.8 Å². The zero-order valence-electron chi connectivity index (χ0n) is 4.74. The van der Waals surface area contributed by atoms with Crippen LogP contribution >= 0.6 is 0 Å². The fourth-order valence-electron chi connectivity index (χ4n) is 0.253. The molecular formula is C4H6CuO5. The van der Waals surface area contributed by atoms with Crippen LogP contribution in [0.4, 0.5) is 0 Å². The van der Waals surface area contributed by atoms with Crippen LogP contribution < -0.4 is 0 Å². The number of aliphatic hydroxyl groups excluding tert-OH is 1. The number of carboxylic acids is 2. The average Bonchev–Trinajstić information content (AvgIpc) is 1.63. The van der Waals surface area contributed by atoms with Gasteiger partial charge in [-0.15, -0.1) is 0 Å². The predicted molar refractivity (Wildman–Crippen MR) is 25.9 cm³/mol. The molecule has 0 aliphatic heterocycles. The third-order valence-electron chi connectivity index (χ3n) is 0.653. The van der Waals surface area contributed by atoms with Crippen LogP contribution in [0.5, 0.6) is 0 Å². The van der Waals surface area contributed by atoms with Crippen LogP contribution in [-0.4, -0.2) is 33.4 Å². The van der Waals surface area contributed by atoms with Crippen LogP contribution in [0.2, 0.25) is 0 Å². The van der Waals surface area contributed by atoms with Crippen molar-refractivity contribution in [3.63, 3.8) is 0 Å². The van der Waals surface area contributed by atoms with E-state index in [0.717, 1.165) is 0 Å². The first kappa shape index (κ1) is 12.1. The summed E-state index contributed by atoms with van der Waals surface area (Å²) < 4.78 is 0. The summed E-state index contributed by atoms with van der Waals surface area (Å²) in [5.74, 6) is -2.85. The molecule has 63 valence electrons. The fourth-order valence-corrected chi connectivity index (χ4v) is 0.253. The number of hydrogen-bond acceptors (Lipinski definition) is 3. The molecule has 1 radical (unpaired) electrons. The Bertz CT molecular complexity index is 134. The van der Waals surface area contributed by atoms with Gasteiger partial charge in [-0.05, 0) is 0 Å². The van der Waals surface area contributed by atoms with E-state index < -0.39 is 24.5 Å². The normalized spacial score (nSPS) is 11.3. The summed E-state index contributed by atoms with van der Waals surface area (Å²) in [4.78, 5) is 19.4. The molecule has 0 spiro atoms. The number of hydrogen-bond donors (Lipinski definition) is 3. The van der Waals surface area contributed by atoms with E-state index in [1.807, 2.05) is 0 Å². The first-order valence-electron chi connectivity index (χ1n) is 2.16. The smallest absolute Gasteiger partial charge is 0.333 e. The molecule has 10 heavy (non-hydrogen) atoms.